The van der Waals surface area contributed by atoms with Crippen LogP contribution in [0.25, 0.3) is 0 Å². The van der Waals surface area contributed by atoms with Crippen LogP contribution in [0.2, 0.25) is 0 Å². The minimum Gasteiger partial charge on any atom is -0.385 e. The molecule has 1 aromatic carbocycles. The molecule has 1 unspecified atom stereocenters. The molecule has 0 aliphatic heterocycles. The highest BCUT2D eigenvalue weighted by atomic mass is 32.2. The van der Waals surface area contributed by atoms with Gasteiger partial charge in [-0.15, -0.1) is 0 Å². The second-order valence-electron chi connectivity index (χ2n) is 4.37. The summed E-state index contributed by atoms with van der Waals surface area (Å²) in [6.07, 6.45) is 3.25. The molecule has 2 aromatic rings. The Kier molecular flexibility index (Phi) is 4.41. The maximum Gasteiger partial charge on any atom is 0.241 e. The van der Waals surface area contributed by atoms with Crippen molar-refractivity contribution in [3.8, 4) is 0 Å². The van der Waals surface area contributed by atoms with Crippen LogP contribution in [0.15, 0.2) is 41.6 Å². The molecule has 0 saturated heterocycles. The van der Waals surface area contributed by atoms with Gasteiger partial charge in [0, 0.05) is 24.6 Å². The van der Waals surface area contributed by atoms with Crippen LogP contribution in [-0.2, 0) is 10.0 Å². The highest BCUT2D eigenvalue weighted by Gasteiger charge is 2.19. The Morgan fingerprint density at radius 1 is 1.30 bits per heavy atom. The average Bonchev–Trinajstić information content (AvgIpc) is 2.93. The first-order valence-electron chi connectivity index (χ1n) is 6.38. The lowest BCUT2D eigenvalue weighted by Crippen LogP contribution is -2.27. The number of sulfonamides is 1. The number of rotatable bonds is 6. The van der Waals surface area contributed by atoms with Crippen LogP contribution in [0.1, 0.15) is 25.7 Å². The number of hydrogen-bond donors (Lipinski definition) is 3. The Morgan fingerprint density at radius 2 is 2.00 bits per heavy atom. The van der Waals surface area contributed by atoms with Crippen molar-refractivity contribution in [1.29, 1.82) is 0 Å². The fourth-order valence-electron chi connectivity index (χ4n) is 1.83. The van der Waals surface area contributed by atoms with Gasteiger partial charge >= 0.3 is 0 Å². The first-order valence-corrected chi connectivity index (χ1v) is 7.87. The minimum atomic E-state index is -3.56. The highest BCUT2D eigenvalue weighted by molar-refractivity contribution is 7.89. The largest absolute Gasteiger partial charge is 0.385 e. The fraction of sp³-hybridized carbons (Fsp3) is 0.308. The Labute approximate surface area is 118 Å². The predicted octanol–water partition coefficient (Wildman–Crippen LogP) is 1.88. The molecule has 108 valence electrons. The van der Waals surface area contributed by atoms with Gasteiger partial charge in [-0.1, -0.05) is 0 Å². The van der Waals surface area contributed by atoms with Crippen molar-refractivity contribution < 1.29 is 8.42 Å². The van der Waals surface area contributed by atoms with Gasteiger partial charge in [0.05, 0.1) is 10.9 Å². The summed E-state index contributed by atoms with van der Waals surface area (Å²) >= 11 is 0. The van der Waals surface area contributed by atoms with Gasteiger partial charge in [0.2, 0.25) is 10.0 Å². The van der Waals surface area contributed by atoms with Crippen LogP contribution in [-0.4, -0.2) is 24.9 Å². The Morgan fingerprint density at radius 3 is 2.55 bits per heavy atom. The molecule has 1 aromatic heterocycles. The van der Waals surface area contributed by atoms with E-state index in [4.69, 9.17) is 0 Å². The average molecular weight is 294 g/mol. The molecule has 0 spiro atoms. The molecule has 0 saturated carbocycles. The van der Waals surface area contributed by atoms with Crippen LogP contribution in [0.3, 0.4) is 0 Å². The number of nitrogens with one attached hydrogen (secondary N) is 3. The van der Waals surface area contributed by atoms with Gasteiger partial charge in [-0.3, -0.25) is 0 Å². The summed E-state index contributed by atoms with van der Waals surface area (Å²) in [4.78, 5) is 7.16. The van der Waals surface area contributed by atoms with Crippen LogP contribution < -0.4 is 10.0 Å². The minimum absolute atomic E-state index is 0.234. The van der Waals surface area contributed by atoms with Crippen LogP contribution in [0.5, 0.6) is 0 Å². The number of imidazole rings is 1. The molecule has 3 N–H and O–H groups in total. The molecule has 0 fully saturated rings. The first kappa shape index (κ1) is 14.5. The van der Waals surface area contributed by atoms with E-state index in [0.29, 0.717) is 5.82 Å². The third-order valence-corrected chi connectivity index (χ3v) is 4.36. The zero-order valence-electron chi connectivity index (χ0n) is 11.4. The lowest BCUT2D eigenvalue weighted by molar-refractivity contribution is 0.561. The number of H-pyrrole nitrogens is 1. The van der Waals surface area contributed by atoms with Crippen molar-refractivity contribution in [3.63, 3.8) is 0 Å². The predicted molar refractivity (Wildman–Crippen MR) is 77.9 cm³/mol. The van der Waals surface area contributed by atoms with E-state index in [1.165, 1.54) is 0 Å². The SMILES string of the molecule is CCNc1ccc(S(=O)(=O)NC(C)c2ncc[nH]2)cc1. The molecule has 0 radical (unpaired) electrons. The maximum atomic E-state index is 12.2. The van der Waals surface area contributed by atoms with Gasteiger partial charge in [-0.25, -0.2) is 18.1 Å². The summed E-state index contributed by atoms with van der Waals surface area (Å²) in [5, 5.41) is 3.12. The van der Waals surface area contributed by atoms with E-state index in [-0.39, 0.29) is 4.90 Å². The number of benzene rings is 1. The molecule has 1 atom stereocenters. The second kappa shape index (κ2) is 6.06. The van der Waals surface area contributed by atoms with Crippen molar-refractivity contribution in [2.75, 3.05) is 11.9 Å². The fourth-order valence-corrected chi connectivity index (χ4v) is 3.03. The van der Waals surface area contributed by atoms with Gasteiger partial charge in [-0.2, -0.15) is 0 Å². The molecule has 1 heterocycles. The molecular weight excluding hydrogens is 276 g/mol. The number of nitrogens with zero attached hydrogens (tertiary/aromatic N) is 1. The Bertz CT molecular complexity index is 636. The van der Waals surface area contributed by atoms with Crippen molar-refractivity contribution in [3.05, 3.63) is 42.5 Å². The molecular formula is C13H18N4O2S. The number of hydrogen-bond acceptors (Lipinski definition) is 4. The van der Waals surface area contributed by atoms with E-state index in [1.807, 2.05) is 6.92 Å². The Hall–Kier alpha value is -1.86. The van der Waals surface area contributed by atoms with Crippen LogP contribution in [0, 0.1) is 0 Å². The monoisotopic (exact) mass is 294 g/mol. The molecule has 0 amide bonds. The van der Waals surface area contributed by atoms with E-state index in [1.54, 1.807) is 43.6 Å². The summed E-state index contributed by atoms with van der Waals surface area (Å²) in [5.74, 6) is 0.581. The van der Waals surface area contributed by atoms with E-state index in [9.17, 15) is 8.42 Å². The first-order chi connectivity index (χ1) is 9.53. The number of aromatic nitrogens is 2. The second-order valence-corrected chi connectivity index (χ2v) is 6.09. The van der Waals surface area contributed by atoms with Gasteiger partial charge in [0.25, 0.3) is 0 Å². The summed E-state index contributed by atoms with van der Waals surface area (Å²) in [5.41, 5.74) is 0.894. The third-order valence-electron chi connectivity index (χ3n) is 2.81. The molecule has 7 heteroatoms. The summed E-state index contributed by atoms with van der Waals surface area (Å²) in [6, 6.07) is 6.23. The normalized spacial score (nSPS) is 13.1. The lowest BCUT2D eigenvalue weighted by Gasteiger charge is -2.12. The van der Waals surface area contributed by atoms with E-state index >= 15 is 0 Å². The third kappa shape index (κ3) is 3.37. The van der Waals surface area contributed by atoms with Crippen molar-refractivity contribution in [2.24, 2.45) is 0 Å². The van der Waals surface area contributed by atoms with Crippen molar-refractivity contribution in [2.45, 2.75) is 24.8 Å². The lowest BCUT2D eigenvalue weighted by atomic mass is 10.3. The molecule has 2 rings (SSSR count). The molecule has 6 nitrogen and oxygen atoms in total. The van der Waals surface area contributed by atoms with Gasteiger partial charge < -0.3 is 10.3 Å². The number of anilines is 1. The maximum absolute atomic E-state index is 12.2. The van der Waals surface area contributed by atoms with Gasteiger partial charge in [0.1, 0.15) is 5.82 Å². The zero-order chi connectivity index (χ0) is 14.6. The smallest absolute Gasteiger partial charge is 0.241 e. The van der Waals surface area contributed by atoms with Crippen molar-refractivity contribution in [1.82, 2.24) is 14.7 Å². The van der Waals surface area contributed by atoms with Crippen molar-refractivity contribution >= 4 is 15.7 Å². The summed E-state index contributed by atoms with van der Waals surface area (Å²) in [6.45, 7) is 4.51. The number of aromatic amines is 1. The molecule has 0 aliphatic rings. The van der Waals surface area contributed by atoms with E-state index in [2.05, 4.69) is 20.0 Å². The van der Waals surface area contributed by atoms with Gasteiger partial charge in [0.15, 0.2) is 0 Å². The molecule has 0 bridgehead atoms. The van der Waals surface area contributed by atoms with Crippen LogP contribution in [0.4, 0.5) is 5.69 Å². The zero-order valence-corrected chi connectivity index (χ0v) is 12.2. The topological polar surface area (TPSA) is 86.9 Å². The van der Waals surface area contributed by atoms with Crippen LogP contribution >= 0.6 is 0 Å². The summed E-state index contributed by atoms with van der Waals surface area (Å²) in [7, 11) is -3.56. The van der Waals surface area contributed by atoms with E-state index in [0.717, 1.165) is 12.2 Å². The highest BCUT2D eigenvalue weighted by Crippen LogP contribution is 2.16. The molecule has 20 heavy (non-hydrogen) atoms. The van der Waals surface area contributed by atoms with Gasteiger partial charge in [-0.05, 0) is 38.1 Å². The summed E-state index contributed by atoms with van der Waals surface area (Å²) < 4.78 is 27.1. The van der Waals surface area contributed by atoms with E-state index < -0.39 is 16.1 Å². The quantitative estimate of drug-likeness (QED) is 0.759. The standard InChI is InChI=1S/C13H18N4O2S/c1-3-14-11-4-6-12(7-5-11)20(18,19)17-10(2)13-15-8-9-16-13/h4-10,14,17H,3H2,1-2H3,(H,15,16). The molecule has 0 aliphatic carbocycles. The Balaban J connectivity index is 2.13.